The van der Waals surface area contributed by atoms with Gasteiger partial charge in [0.05, 0.1) is 19.3 Å². The second kappa shape index (κ2) is 8.37. The molecule has 0 radical (unpaired) electrons. The van der Waals surface area contributed by atoms with Crippen molar-refractivity contribution in [1.29, 1.82) is 5.26 Å². The predicted molar refractivity (Wildman–Crippen MR) is 102 cm³/mol. The fraction of sp³-hybridized carbons (Fsp3) is 0.421. The van der Waals surface area contributed by atoms with E-state index in [4.69, 9.17) is 4.74 Å². The molecule has 1 aliphatic rings. The van der Waals surface area contributed by atoms with E-state index in [0.717, 1.165) is 10.1 Å². The number of hydrogen-bond acceptors (Lipinski definition) is 6. The van der Waals surface area contributed by atoms with Crippen LogP contribution in [0.25, 0.3) is 0 Å². The minimum atomic E-state index is -0.641. The van der Waals surface area contributed by atoms with Crippen molar-refractivity contribution in [1.82, 2.24) is 14.0 Å². The summed E-state index contributed by atoms with van der Waals surface area (Å²) in [7, 11) is 2.84. The molecule has 1 aliphatic heterocycles. The van der Waals surface area contributed by atoms with Gasteiger partial charge < -0.3 is 10.1 Å². The van der Waals surface area contributed by atoms with Gasteiger partial charge in [-0.05, 0) is 17.7 Å². The number of halogens is 1. The van der Waals surface area contributed by atoms with Crippen LogP contribution in [0.15, 0.2) is 33.9 Å². The first-order valence-corrected chi connectivity index (χ1v) is 8.95. The summed E-state index contributed by atoms with van der Waals surface area (Å²) >= 11 is 0. The minimum absolute atomic E-state index is 0.121. The zero-order valence-electron chi connectivity index (χ0n) is 15.8. The van der Waals surface area contributed by atoms with E-state index in [1.165, 1.54) is 30.8 Å². The fourth-order valence-corrected chi connectivity index (χ4v) is 3.38. The van der Waals surface area contributed by atoms with E-state index in [1.54, 1.807) is 12.1 Å². The molecule has 1 aromatic heterocycles. The third kappa shape index (κ3) is 3.83. The number of rotatable bonds is 5. The number of benzene rings is 1. The van der Waals surface area contributed by atoms with Crippen molar-refractivity contribution in [2.24, 2.45) is 14.1 Å². The van der Waals surface area contributed by atoms with Crippen LogP contribution in [0.5, 0.6) is 0 Å². The molecule has 1 fully saturated rings. The maximum absolute atomic E-state index is 13.4. The van der Waals surface area contributed by atoms with E-state index in [2.05, 4.69) is 10.2 Å². The van der Waals surface area contributed by atoms with Gasteiger partial charge in [-0.1, -0.05) is 12.1 Å². The van der Waals surface area contributed by atoms with Crippen molar-refractivity contribution in [3.63, 3.8) is 0 Å². The highest BCUT2D eigenvalue weighted by Gasteiger charge is 2.24. The summed E-state index contributed by atoms with van der Waals surface area (Å²) in [5.74, 6) is -0.144. The van der Waals surface area contributed by atoms with Gasteiger partial charge in [0.15, 0.2) is 5.56 Å². The largest absolute Gasteiger partial charge is 0.379 e. The molecular formula is C19H22FN5O3. The molecule has 1 N–H and O–H groups in total. The number of aromatic nitrogens is 2. The monoisotopic (exact) mass is 387 g/mol. The maximum atomic E-state index is 13.4. The number of nitrogens with zero attached hydrogens (tertiary/aromatic N) is 4. The summed E-state index contributed by atoms with van der Waals surface area (Å²) < 4.78 is 20.9. The van der Waals surface area contributed by atoms with Crippen molar-refractivity contribution in [3.05, 3.63) is 62.0 Å². The highest BCUT2D eigenvalue weighted by molar-refractivity contribution is 5.51. The molecule has 0 aliphatic carbocycles. The number of nitrogens with one attached hydrogen (secondary N) is 1. The van der Waals surface area contributed by atoms with Gasteiger partial charge in [-0.3, -0.25) is 18.8 Å². The first-order valence-electron chi connectivity index (χ1n) is 8.95. The molecule has 3 rings (SSSR count). The summed E-state index contributed by atoms with van der Waals surface area (Å²) in [4.78, 5) is 26.7. The molecule has 1 atom stereocenters. The van der Waals surface area contributed by atoms with Gasteiger partial charge in [0.2, 0.25) is 0 Å². The van der Waals surface area contributed by atoms with Gasteiger partial charge in [0, 0.05) is 33.7 Å². The van der Waals surface area contributed by atoms with Gasteiger partial charge in [-0.25, -0.2) is 9.18 Å². The third-order valence-corrected chi connectivity index (χ3v) is 4.98. The zero-order valence-corrected chi connectivity index (χ0v) is 15.8. The van der Waals surface area contributed by atoms with Crippen LogP contribution in [-0.2, 0) is 18.8 Å². The maximum Gasteiger partial charge on any atom is 0.332 e. The lowest BCUT2D eigenvalue weighted by Crippen LogP contribution is -2.43. The molecule has 1 saturated heterocycles. The Morgan fingerprint density at radius 2 is 1.82 bits per heavy atom. The molecular weight excluding hydrogens is 365 g/mol. The molecule has 148 valence electrons. The Balaban J connectivity index is 1.94. The van der Waals surface area contributed by atoms with Crippen molar-refractivity contribution in [2.45, 2.75) is 6.04 Å². The first-order chi connectivity index (χ1) is 13.4. The van der Waals surface area contributed by atoms with Crippen LogP contribution >= 0.6 is 0 Å². The lowest BCUT2D eigenvalue weighted by Gasteiger charge is -2.35. The number of morpholine rings is 1. The number of hydrogen-bond donors (Lipinski definition) is 1. The Morgan fingerprint density at radius 3 is 2.43 bits per heavy atom. The smallest absolute Gasteiger partial charge is 0.332 e. The van der Waals surface area contributed by atoms with Crippen molar-refractivity contribution >= 4 is 5.82 Å². The van der Waals surface area contributed by atoms with Crippen LogP contribution in [-0.4, -0.2) is 46.9 Å². The van der Waals surface area contributed by atoms with E-state index in [0.29, 0.717) is 32.8 Å². The molecule has 0 amide bonds. The lowest BCUT2D eigenvalue weighted by atomic mass is 10.0. The Hall–Kier alpha value is -2.96. The summed E-state index contributed by atoms with van der Waals surface area (Å²) in [5, 5.41) is 12.5. The van der Waals surface area contributed by atoms with Crippen LogP contribution in [0.1, 0.15) is 17.2 Å². The molecule has 28 heavy (non-hydrogen) atoms. The molecule has 0 bridgehead atoms. The Morgan fingerprint density at radius 1 is 1.18 bits per heavy atom. The van der Waals surface area contributed by atoms with E-state index in [-0.39, 0.29) is 23.2 Å². The minimum Gasteiger partial charge on any atom is -0.379 e. The van der Waals surface area contributed by atoms with Gasteiger partial charge in [0.25, 0.3) is 5.56 Å². The summed E-state index contributed by atoms with van der Waals surface area (Å²) in [6, 6.07) is 7.97. The molecule has 1 aromatic carbocycles. The van der Waals surface area contributed by atoms with Crippen molar-refractivity contribution in [3.8, 4) is 6.07 Å². The Labute approximate surface area is 161 Å². The molecule has 0 saturated carbocycles. The van der Waals surface area contributed by atoms with Crippen LogP contribution in [0.3, 0.4) is 0 Å². The zero-order chi connectivity index (χ0) is 20.3. The number of anilines is 1. The molecule has 0 spiro atoms. The van der Waals surface area contributed by atoms with Gasteiger partial charge >= 0.3 is 5.69 Å². The number of nitriles is 1. The topological polar surface area (TPSA) is 92.3 Å². The van der Waals surface area contributed by atoms with Gasteiger partial charge in [-0.2, -0.15) is 5.26 Å². The summed E-state index contributed by atoms with van der Waals surface area (Å²) in [6.07, 6.45) is 0. The SMILES string of the molecule is Cn1c(NCC(c2ccc(F)cc2)N2CCOCC2)c(C#N)c(=O)n(C)c1=O. The lowest BCUT2D eigenvalue weighted by molar-refractivity contribution is 0.0186. The highest BCUT2D eigenvalue weighted by atomic mass is 19.1. The predicted octanol–water partition coefficient (Wildman–Crippen LogP) is 0.580. The quantitative estimate of drug-likeness (QED) is 0.807. The normalized spacial score (nSPS) is 15.8. The average molecular weight is 387 g/mol. The second-order valence-corrected chi connectivity index (χ2v) is 6.64. The molecule has 1 unspecified atom stereocenters. The van der Waals surface area contributed by atoms with Gasteiger partial charge in [-0.15, -0.1) is 0 Å². The van der Waals surface area contributed by atoms with Crippen molar-refractivity contribution in [2.75, 3.05) is 38.2 Å². The second-order valence-electron chi connectivity index (χ2n) is 6.64. The van der Waals surface area contributed by atoms with E-state index >= 15 is 0 Å². The average Bonchev–Trinajstić information content (AvgIpc) is 2.72. The number of ether oxygens (including phenoxy) is 1. The standard InChI is InChI=1S/C19H22FN5O3/c1-23-17(15(11-21)18(26)24(2)19(23)27)22-12-16(25-7-9-28-10-8-25)13-3-5-14(20)6-4-13/h3-6,16,22H,7-10,12H2,1-2H3. The molecule has 2 aromatic rings. The van der Waals surface area contributed by atoms with Crippen LogP contribution in [0.2, 0.25) is 0 Å². The van der Waals surface area contributed by atoms with E-state index < -0.39 is 11.2 Å². The Kier molecular flexibility index (Phi) is 5.92. The fourth-order valence-electron chi connectivity index (χ4n) is 3.38. The Bertz CT molecular complexity index is 1000. The van der Waals surface area contributed by atoms with Crippen molar-refractivity contribution < 1.29 is 9.13 Å². The van der Waals surface area contributed by atoms with E-state index in [9.17, 15) is 19.2 Å². The van der Waals surface area contributed by atoms with Crippen LogP contribution in [0, 0.1) is 17.1 Å². The molecule has 8 nitrogen and oxygen atoms in total. The summed E-state index contributed by atoms with van der Waals surface area (Å²) in [5.41, 5.74) is -0.387. The van der Waals surface area contributed by atoms with E-state index in [1.807, 2.05) is 6.07 Å². The van der Waals surface area contributed by atoms with Crippen LogP contribution < -0.4 is 16.6 Å². The van der Waals surface area contributed by atoms with Crippen LogP contribution in [0.4, 0.5) is 10.2 Å². The molecule has 9 heteroatoms. The summed E-state index contributed by atoms with van der Waals surface area (Å²) in [6.45, 7) is 2.91. The highest BCUT2D eigenvalue weighted by Crippen LogP contribution is 2.23. The van der Waals surface area contributed by atoms with Gasteiger partial charge in [0.1, 0.15) is 17.7 Å². The first kappa shape index (κ1) is 19.8. The third-order valence-electron chi connectivity index (χ3n) is 4.98. The molecule has 2 heterocycles.